The number of benzene rings is 3. The molecular weight excluding hydrogens is 308 g/mol. The Morgan fingerprint density at radius 1 is 0.720 bits per heavy atom. The van der Waals surface area contributed by atoms with Crippen molar-refractivity contribution < 1.29 is 9.90 Å². The summed E-state index contributed by atoms with van der Waals surface area (Å²) in [6.45, 7) is 0. The highest BCUT2D eigenvalue weighted by Gasteiger charge is 2.19. The van der Waals surface area contributed by atoms with Gasteiger partial charge in [0.05, 0.1) is 6.42 Å². The number of hydrogen-bond acceptors (Lipinski definition) is 1. The third kappa shape index (κ3) is 4.36. The topological polar surface area (TPSA) is 37.0 Å². The van der Waals surface area contributed by atoms with Crippen LogP contribution in [0, 0.1) is 0 Å². The van der Waals surface area contributed by atoms with Gasteiger partial charge in [0.25, 0.3) is 0 Å². The first-order chi connectivity index (χ1) is 12.3. The van der Waals surface area contributed by atoms with Gasteiger partial charge in [0.15, 0.2) is 0 Å². The molecule has 0 aliphatic carbocycles. The van der Waals surface area contributed by atoms with E-state index in [-0.39, 0.29) is 12.3 Å². The molecular formula is C23H21O2. The molecule has 3 rings (SSSR count). The lowest BCUT2D eigenvalue weighted by atomic mass is 9.82. The molecule has 125 valence electrons. The van der Waals surface area contributed by atoms with E-state index in [1.807, 2.05) is 18.2 Å². The van der Waals surface area contributed by atoms with Crippen molar-refractivity contribution >= 4 is 5.97 Å². The second-order valence-corrected chi connectivity index (χ2v) is 6.18. The van der Waals surface area contributed by atoms with Gasteiger partial charge in [-0.1, -0.05) is 84.9 Å². The quantitative estimate of drug-likeness (QED) is 0.552. The Hall–Kier alpha value is -2.87. The summed E-state index contributed by atoms with van der Waals surface area (Å²) >= 11 is 0. The third-order valence-corrected chi connectivity index (χ3v) is 4.46. The van der Waals surface area contributed by atoms with Crippen molar-refractivity contribution in [1.82, 2.24) is 0 Å². The van der Waals surface area contributed by atoms with Crippen molar-refractivity contribution in [3.05, 3.63) is 107 Å². The van der Waals surface area contributed by atoms with Crippen molar-refractivity contribution in [2.24, 2.45) is 0 Å². The number of carbonyl (C=O) groups is 1. The van der Waals surface area contributed by atoms with E-state index in [4.69, 9.17) is 0 Å². The average Bonchev–Trinajstić information content (AvgIpc) is 2.65. The molecule has 0 aromatic heterocycles. The van der Waals surface area contributed by atoms with Crippen LogP contribution in [-0.2, 0) is 16.3 Å². The second kappa shape index (κ2) is 8.29. The molecule has 3 aromatic rings. The molecule has 1 radical (unpaired) electrons. The summed E-state index contributed by atoms with van der Waals surface area (Å²) in [4.78, 5) is 10.7. The summed E-state index contributed by atoms with van der Waals surface area (Å²) in [5, 5.41) is 10.7. The van der Waals surface area contributed by atoms with Crippen molar-refractivity contribution in [1.29, 1.82) is 0 Å². The maximum Gasteiger partial charge on any atom is 0.355 e. The van der Waals surface area contributed by atoms with E-state index in [1.165, 1.54) is 22.3 Å². The molecule has 0 fully saturated rings. The third-order valence-electron chi connectivity index (χ3n) is 4.46. The predicted octanol–water partition coefficient (Wildman–Crippen LogP) is 5.15. The van der Waals surface area contributed by atoms with Gasteiger partial charge in [-0.25, -0.2) is 9.90 Å². The molecule has 0 bridgehead atoms. The van der Waals surface area contributed by atoms with Gasteiger partial charge in [-0.2, -0.15) is 0 Å². The Morgan fingerprint density at radius 3 is 1.80 bits per heavy atom. The molecule has 0 saturated heterocycles. The molecule has 0 amide bonds. The number of carbonyl (C=O) groups excluding carboxylic acids is 1. The van der Waals surface area contributed by atoms with E-state index >= 15 is 0 Å². The molecule has 0 aliphatic rings. The highest BCUT2D eigenvalue weighted by Crippen LogP contribution is 2.34. The molecule has 0 unspecified atom stereocenters. The molecule has 2 nitrogen and oxygen atoms in total. The number of rotatable bonds is 7. The zero-order chi connectivity index (χ0) is 17.5. The number of aryl methyl sites for hydroxylation is 1. The van der Waals surface area contributed by atoms with E-state index in [0.717, 1.165) is 6.42 Å². The van der Waals surface area contributed by atoms with Gasteiger partial charge < -0.3 is 0 Å². The van der Waals surface area contributed by atoms with Crippen LogP contribution in [0.25, 0.3) is 0 Å². The van der Waals surface area contributed by atoms with Crippen LogP contribution in [0.15, 0.2) is 84.9 Å². The second-order valence-electron chi connectivity index (χ2n) is 6.18. The Morgan fingerprint density at radius 2 is 1.24 bits per heavy atom. The lowest BCUT2D eigenvalue weighted by Crippen LogP contribution is -2.07. The first kappa shape index (κ1) is 17.0. The van der Waals surface area contributed by atoms with E-state index < -0.39 is 5.97 Å². The fourth-order valence-corrected chi connectivity index (χ4v) is 3.31. The summed E-state index contributed by atoms with van der Waals surface area (Å²) in [5.41, 5.74) is 4.90. The van der Waals surface area contributed by atoms with Crippen LogP contribution < -0.4 is 0 Å². The molecule has 2 heteroatoms. The van der Waals surface area contributed by atoms with Gasteiger partial charge in [-0.3, -0.25) is 0 Å². The van der Waals surface area contributed by atoms with Crippen molar-refractivity contribution in [2.45, 2.75) is 25.2 Å². The standard InChI is InChI=1S/C23H21O2/c24-22(25)17-9-15-18-10-7-8-16-21(18)23(19-11-3-1-4-12-19)20-13-5-2-6-14-20/h1-8,10-14,16,23H,9,15,17H2. The molecule has 0 saturated carbocycles. The largest absolute Gasteiger partial charge is 0.355 e. The fourth-order valence-electron chi connectivity index (χ4n) is 3.31. The normalized spacial score (nSPS) is 10.8. The Kier molecular flexibility index (Phi) is 5.63. The lowest BCUT2D eigenvalue weighted by molar-refractivity contribution is -0.143. The first-order valence-electron chi connectivity index (χ1n) is 8.63. The van der Waals surface area contributed by atoms with Crippen LogP contribution in [0.4, 0.5) is 0 Å². The summed E-state index contributed by atoms with van der Waals surface area (Å²) in [6, 6.07) is 29.2. The molecule has 0 atom stereocenters. The van der Waals surface area contributed by atoms with Gasteiger partial charge in [0.2, 0.25) is 0 Å². The average molecular weight is 329 g/mol. The maximum atomic E-state index is 10.7. The van der Waals surface area contributed by atoms with Crippen LogP contribution >= 0.6 is 0 Å². The molecule has 0 spiro atoms. The summed E-state index contributed by atoms with van der Waals surface area (Å²) in [5.74, 6) is -0.846. The fraction of sp³-hybridized carbons (Fsp3) is 0.174. The first-order valence-corrected chi connectivity index (χ1v) is 8.63. The molecule has 25 heavy (non-hydrogen) atoms. The van der Waals surface area contributed by atoms with Gasteiger partial charge in [-0.05, 0) is 35.1 Å². The van der Waals surface area contributed by atoms with E-state index in [1.54, 1.807) is 0 Å². The van der Waals surface area contributed by atoms with E-state index in [0.29, 0.717) is 6.42 Å². The Labute approximate surface area is 148 Å². The zero-order valence-corrected chi connectivity index (χ0v) is 14.1. The van der Waals surface area contributed by atoms with Gasteiger partial charge in [-0.15, -0.1) is 0 Å². The minimum absolute atomic E-state index is 0.0929. The van der Waals surface area contributed by atoms with E-state index in [9.17, 15) is 9.90 Å². The van der Waals surface area contributed by atoms with Crippen molar-refractivity contribution in [3.8, 4) is 0 Å². The van der Waals surface area contributed by atoms with Crippen LogP contribution in [0.1, 0.15) is 41.0 Å². The van der Waals surface area contributed by atoms with Gasteiger partial charge in [0, 0.05) is 5.92 Å². The highest BCUT2D eigenvalue weighted by molar-refractivity contribution is 5.66. The SMILES string of the molecule is [O]C(=O)CCCc1ccccc1C(c1ccccc1)c1ccccc1. The zero-order valence-electron chi connectivity index (χ0n) is 14.1. The lowest BCUT2D eigenvalue weighted by Gasteiger charge is -2.22. The molecule has 3 aromatic carbocycles. The summed E-state index contributed by atoms with van der Waals surface area (Å²) in [7, 11) is 0. The van der Waals surface area contributed by atoms with Gasteiger partial charge >= 0.3 is 5.97 Å². The van der Waals surface area contributed by atoms with Gasteiger partial charge in [0.1, 0.15) is 0 Å². The minimum Gasteiger partial charge on any atom is -0.247 e. The number of hydrogen-bond donors (Lipinski definition) is 0. The Bertz CT molecular complexity index is 770. The van der Waals surface area contributed by atoms with Crippen LogP contribution in [0.5, 0.6) is 0 Å². The predicted molar refractivity (Wildman–Crippen MR) is 98.9 cm³/mol. The van der Waals surface area contributed by atoms with E-state index in [2.05, 4.69) is 66.7 Å². The van der Waals surface area contributed by atoms with Crippen LogP contribution in [0.3, 0.4) is 0 Å². The maximum absolute atomic E-state index is 10.7. The highest BCUT2D eigenvalue weighted by atomic mass is 16.4. The molecule has 0 heterocycles. The van der Waals surface area contributed by atoms with Crippen molar-refractivity contribution in [2.75, 3.05) is 0 Å². The smallest absolute Gasteiger partial charge is 0.247 e. The minimum atomic E-state index is -0.986. The van der Waals surface area contributed by atoms with Crippen LogP contribution in [-0.4, -0.2) is 5.97 Å². The van der Waals surface area contributed by atoms with Crippen molar-refractivity contribution in [3.63, 3.8) is 0 Å². The summed E-state index contributed by atoms with van der Waals surface area (Å²) < 4.78 is 0. The molecule has 0 aliphatic heterocycles. The Balaban J connectivity index is 2.01. The summed E-state index contributed by atoms with van der Waals surface area (Å²) in [6.07, 6.45) is 1.42. The van der Waals surface area contributed by atoms with Crippen LogP contribution in [0.2, 0.25) is 0 Å². The monoisotopic (exact) mass is 329 g/mol. The molecule has 0 N–H and O–H groups in total.